The Kier molecular flexibility index (Phi) is 4.43. The lowest BCUT2D eigenvalue weighted by Gasteiger charge is -2.19. The van der Waals surface area contributed by atoms with E-state index < -0.39 is 0 Å². The molecule has 0 saturated carbocycles. The molecule has 4 heteroatoms. The zero-order valence-corrected chi connectivity index (χ0v) is 9.83. The molecule has 0 amide bonds. The zero-order chi connectivity index (χ0) is 11.3. The SMILES string of the molecule is CCN(CC)C(N)=Nc1ccc(Cl)cc1. The van der Waals surface area contributed by atoms with Crippen LogP contribution in [0.1, 0.15) is 13.8 Å². The van der Waals surface area contributed by atoms with Crippen LogP contribution in [-0.2, 0) is 0 Å². The molecule has 1 aromatic rings. The van der Waals surface area contributed by atoms with Crippen molar-refractivity contribution >= 4 is 23.2 Å². The van der Waals surface area contributed by atoms with E-state index in [2.05, 4.69) is 4.99 Å². The lowest BCUT2D eigenvalue weighted by molar-refractivity contribution is 0.460. The summed E-state index contributed by atoms with van der Waals surface area (Å²) in [6.45, 7) is 5.82. The van der Waals surface area contributed by atoms with Gasteiger partial charge in [-0.05, 0) is 38.1 Å². The van der Waals surface area contributed by atoms with Gasteiger partial charge in [-0.15, -0.1) is 0 Å². The summed E-state index contributed by atoms with van der Waals surface area (Å²) in [5, 5.41) is 0.704. The molecule has 3 nitrogen and oxygen atoms in total. The number of hydrogen-bond acceptors (Lipinski definition) is 1. The van der Waals surface area contributed by atoms with E-state index in [1.54, 1.807) is 12.1 Å². The van der Waals surface area contributed by atoms with Gasteiger partial charge in [0, 0.05) is 18.1 Å². The Bertz CT molecular complexity index is 328. The average Bonchev–Trinajstić information content (AvgIpc) is 2.23. The van der Waals surface area contributed by atoms with Crippen LogP contribution in [0.25, 0.3) is 0 Å². The molecule has 0 unspecified atom stereocenters. The van der Waals surface area contributed by atoms with Gasteiger partial charge in [0.05, 0.1) is 5.69 Å². The predicted octanol–water partition coefficient (Wildman–Crippen LogP) is 2.63. The summed E-state index contributed by atoms with van der Waals surface area (Å²) < 4.78 is 0. The van der Waals surface area contributed by atoms with Gasteiger partial charge in [0.25, 0.3) is 0 Å². The van der Waals surface area contributed by atoms with Crippen LogP contribution in [0.4, 0.5) is 5.69 Å². The molecule has 1 rings (SSSR count). The standard InChI is InChI=1S/C11H16ClN3/c1-3-15(4-2)11(13)14-10-7-5-9(12)6-8-10/h5-8H,3-4H2,1-2H3,(H2,13,14). The molecule has 0 spiro atoms. The van der Waals surface area contributed by atoms with Crippen molar-refractivity contribution in [2.75, 3.05) is 13.1 Å². The van der Waals surface area contributed by atoms with Crippen molar-refractivity contribution < 1.29 is 0 Å². The Morgan fingerprint density at radius 2 is 1.80 bits per heavy atom. The summed E-state index contributed by atoms with van der Waals surface area (Å²) in [7, 11) is 0. The molecular weight excluding hydrogens is 210 g/mol. The molecular formula is C11H16ClN3. The molecule has 0 aliphatic heterocycles. The molecule has 0 aromatic heterocycles. The topological polar surface area (TPSA) is 41.6 Å². The van der Waals surface area contributed by atoms with E-state index in [0.717, 1.165) is 18.8 Å². The lowest BCUT2D eigenvalue weighted by atomic mass is 10.3. The Morgan fingerprint density at radius 1 is 1.27 bits per heavy atom. The summed E-state index contributed by atoms with van der Waals surface area (Å²) in [5.41, 5.74) is 6.67. The molecule has 0 aliphatic carbocycles. The van der Waals surface area contributed by atoms with Crippen LogP contribution in [0.15, 0.2) is 29.3 Å². The van der Waals surface area contributed by atoms with Crippen molar-refractivity contribution in [3.8, 4) is 0 Å². The molecule has 15 heavy (non-hydrogen) atoms. The summed E-state index contributed by atoms with van der Waals surface area (Å²) in [6.07, 6.45) is 0. The fourth-order valence-corrected chi connectivity index (χ4v) is 1.39. The predicted molar refractivity (Wildman–Crippen MR) is 65.7 cm³/mol. The van der Waals surface area contributed by atoms with Crippen LogP contribution in [0.2, 0.25) is 5.02 Å². The maximum absolute atomic E-state index is 5.85. The Hall–Kier alpha value is -1.22. The van der Waals surface area contributed by atoms with Gasteiger partial charge in [0.1, 0.15) is 0 Å². The van der Waals surface area contributed by atoms with Crippen LogP contribution >= 0.6 is 11.6 Å². The summed E-state index contributed by atoms with van der Waals surface area (Å²) >= 11 is 5.78. The van der Waals surface area contributed by atoms with E-state index in [1.807, 2.05) is 30.9 Å². The fraction of sp³-hybridized carbons (Fsp3) is 0.364. The molecule has 82 valence electrons. The van der Waals surface area contributed by atoms with Crippen LogP contribution in [0, 0.1) is 0 Å². The number of hydrogen-bond donors (Lipinski definition) is 1. The van der Waals surface area contributed by atoms with Crippen LogP contribution in [0.5, 0.6) is 0 Å². The molecule has 0 saturated heterocycles. The highest BCUT2D eigenvalue weighted by Crippen LogP contribution is 2.16. The molecule has 0 atom stereocenters. The first kappa shape index (κ1) is 11.9. The second kappa shape index (κ2) is 5.61. The number of guanidine groups is 1. The van der Waals surface area contributed by atoms with Gasteiger partial charge in [0.2, 0.25) is 0 Å². The maximum atomic E-state index is 5.85. The molecule has 0 heterocycles. The van der Waals surface area contributed by atoms with E-state index >= 15 is 0 Å². The zero-order valence-electron chi connectivity index (χ0n) is 9.07. The monoisotopic (exact) mass is 225 g/mol. The van der Waals surface area contributed by atoms with E-state index in [4.69, 9.17) is 17.3 Å². The van der Waals surface area contributed by atoms with Gasteiger partial charge in [-0.3, -0.25) is 0 Å². The van der Waals surface area contributed by atoms with Crippen molar-refractivity contribution in [3.05, 3.63) is 29.3 Å². The van der Waals surface area contributed by atoms with E-state index in [-0.39, 0.29) is 0 Å². The third-order valence-electron chi connectivity index (χ3n) is 2.16. The lowest BCUT2D eigenvalue weighted by Crippen LogP contribution is -2.36. The largest absolute Gasteiger partial charge is 0.369 e. The maximum Gasteiger partial charge on any atom is 0.196 e. The van der Waals surface area contributed by atoms with E-state index in [0.29, 0.717) is 11.0 Å². The van der Waals surface area contributed by atoms with E-state index in [1.165, 1.54) is 0 Å². The van der Waals surface area contributed by atoms with Crippen molar-refractivity contribution in [1.82, 2.24) is 4.90 Å². The highest BCUT2D eigenvalue weighted by Gasteiger charge is 2.01. The van der Waals surface area contributed by atoms with Gasteiger partial charge in [0.15, 0.2) is 5.96 Å². The molecule has 1 aromatic carbocycles. The first-order valence-electron chi connectivity index (χ1n) is 5.02. The molecule has 0 fully saturated rings. The number of rotatable bonds is 3. The number of nitrogens with two attached hydrogens (primary N) is 1. The highest BCUT2D eigenvalue weighted by molar-refractivity contribution is 6.30. The Morgan fingerprint density at radius 3 is 2.27 bits per heavy atom. The second-order valence-electron chi connectivity index (χ2n) is 3.12. The number of nitrogens with zero attached hydrogens (tertiary/aromatic N) is 2. The van der Waals surface area contributed by atoms with Crippen molar-refractivity contribution in [2.24, 2.45) is 10.7 Å². The summed E-state index contributed by atoms with van der Waals surface area (Å²) in [5.74, 6) is 0.544. The third kappa shape index (κ3) is 3.44. The molecule has 0 bridgehead atoms. The first-order valence-corrected chi connectivity index (χ1v) is 5.39. The smallest absolute Gasteiger partial charge is 0.196 e. The summed E-state index contributed by atoms with van der Waals surface area (Å²) in [4.78, 5) is 6.30. The minimum atomic E-state index is 0.544. The van der Waals surface area contributed by atoms with Crippen molar-refractivity contribution in [2.45, 2.75) is 13.8 Å². The normalized spacial score (nSPS) is 11.5. The Balaban J connectivity index is 2.81. The van der Waals surface area contributed by atoms with Crippen molar-refractivity contribution in [1.29, 1.82) is 0 Å². The fourth-order valence-electron chi connectivity index (χ4n) is 1.27. The first-order chi connectivity index (χ1) is 7.17. The van der Waals surface area contributed by atoms with E-state index in [9.17, 15) is 0 Å². The van der Waals surface area contributed by atoms with Crippen LogP contribution in [-0.4, -0.2) is 23.9 Å². The minimum absolute atomic E-state index is 0.544. The second-order valence-corrected chi connectivity index (χ2v) is 3.56. The van der Waals surface area contributed by atoms with Gasteiger partial charge in [-0.25, -0.2) is 4.99 Å². The average molecular weight is 226 g/mol. The van der Waals surface area contributed by atoms with Gasteiger partial charge in [-0.2, -0.15) is 0 Å². The third-order valence-corrected chi connectivity index (χ3v) is 2.41. The number of benzene rings is 1. The Labute approximate surface area is 95.6 Å². The van der Waals surface area contributed by atoms with Crippen LogP contribution < -0.4 is 5.73 Å². The quantitative estimate of drug-likeness (QED) is 0.635. The van der Waals surface area contributed by atoms with Gasteiger partial charge >= 0.3 is 0 Å². The molecule has 2 N–H and O–H groups in total. The van der Waals surface area contributed by atoms with Gasteiger partial charge in [-0.1, -0.05) is 11.6 Å². The van der Waals surface area contributed by atoms with Crippen LogP contribution in [0.3, 0.4) is 0 Å². The summed E-state index contributed by atoms with van der Waals surface area (Å²) in [6, 6.07) is 7.29. The molecule has 0 radical (unpaired) electrons. The van der Waals surface area contributed by atoms with Gasteiger partial charge < -0.3 is 10.6 Å². The van der Waals surface area contributed by atoms with Crippen molar-refractivity contribution in [3.63, 3.8) is 0 Å². The molecule has 0 aliphatic rings. The number of aliphatic imine (C=N–C) groups is 1. The minimum Gasteiger partial charge on any atom is -0.369 e. The highest BCUT2D eigenvalue weighted by atomic mass is 35.5. The number of halogens is 1.